The van der Waals surface area contributed by atoms with Gasteiger partial charge in [-0.2, -0.15) is 0 Å². The summed E-state index contributed by atoms with van der Waals surface area (Å²) < 4.78 is 5.09. The molecule has 0 aromatic heterocycles. The van der Waals surface area contributed by atoms with Gasteiger partial charge in [-0.25, -0.2) is 0 Å². The monoisotopic (exact) mass is 187 g/mol. The van der Waals surface area contributed by atoms with Crippen LogP contribution in [0.1, 0.15) is 39.5 Å². The number of carbonyl (C=O) groups is 1. The van der Waals surface area contributed by atoms with E-state index in [1.807, 2.05) is 0 Å². The number of rotatable bonds is 7. The minimum absolute atomic E-state index is 0.0976. The van der Waals surface area contributed by atoms with E-state index in [0.717, 1.165) is 18.9 Å². The summed E-state index contributed by atoms with van der Waals surface area (Å²) >= 11 is 0. The Bertz CT molecular complexity index is 115. The highest BCUT2D eigenvalue weighted by molar-refractivity contribution is 6.30. The first-order chi connectivity index (χ1) is 5.81. The third-order valence-electron chi connectivity index (χ3n) is 1.59. The Balaban J connectivity index is 3.08. The number of hydrogen-bond acceptors (Lipinski definition) is 2. The van der Waals surface area contributed by atoms with Gasteiger partial charge in [-0.15, -0.1) is 0 Å². The van der Waals surface area contributed by atoms with Crippen LogP contribution in [0.4, 0.5) is 0 Å². The van der Waals surface area contributed by atoms with E-state index in [1.165, 1.54) is 12.8 Å². The Morgan fingerprint density at radius 2 is 2.17 bits per heavy atom. The second kappa shape index (κ2) is 8.78. The minimum atomic E-state index is -0.556. The van der Waals surface area contributed by atoms with Gasteiger partial charge in [-0.05, 0) is 12.5 Å². The molecule has 0 aliphatic carbocycles. The van der Waals surface area contributed by atoms with Crippen LogP contribution in [0, 0.1) is 6.42 Å². The molecule has 0 aliphatic rings. The number of unbranched alkanes of at least 4 members (excludes halogenated alkanes) is 2. The zero-order chi connectivity index (χ0) is 9.23. The van der Waals surface area contributed by atoms with Gasteiger partial charge in [-0.1, -0.05) is 33.1 Å². The first kappa shape index (κ1) is 11.7. The van der Waals surface area contributed by atoms with Crippen LogP contribution in [0.5, 0.6) is 0 Å². The molecule has 0 bridgehead atoms. The Morgan fingerprint density at radius 3 is 2.75 bits per heavy atom. The summed E-state index contributed by atoms with van der Waals surface area (Å²) in [4.78, 5) is 10.9. The van der Waals surface area contributed by atoms with Crippen molar-refractivity contribution in [3.05, 3.63) is 6.42 Å². The fraction of sp³-hybridized carbons (Fsp3) is 0.778. The van der Waals surface area contributed by atoms with E-state index in [4.69, 9.17) is 4.43 Å². The van der Waals surface area contributed by atoms with E-state index >= 15 is 0 Å². The average Bonchev–Trinajstić information content (AvgIpc) is 2.09. The van der Waals surface area contributed by atoms with Gasteiger partial charge in [0, 0.05) is 0 Å². The zero-order valence-corrected chi connectivity index (χ0v) is 9.55. The molecule has 0 amide bonds. The summed E-state index contributed by atoms with van der Waals surface area (Å²) in [7, 11) is -0.556. The highest BCUT2D eigenvalue weighted by Crippen LogP contribution is 1.97. The molecule has 0 N–H and O–H groups in total. The van der Waals surface area contributed by atoms with Crippen molar-refractivity contribution in [2.45, 2.75) is 45.6 Å². The predicted molar refractivity (Wildman–Crippen MR) is 53.6 cm³/mol. The van der Waals surface area contributed by atoms with Gasteiger partial charge in [0.05, 0.1) is 6.42 Å². The van der Waals surface area contributed by atoms with Crippen molar-refractivity contribution in [3.63, 3.8) is 0 Å². The lowest BCUT2D eigenvalue weighted by Crippen LogP contribution is -2.08. The average molecular weight is 187 g/mol. The normalized spacial score (nSPS) is 10.8. The molecule has 1 radical (unpaired) electrons. The van der Waals surface area contributed by atoms with Crippen LogP contribution in [0.3, 0.4) is 0 Å². The van der Waals surface area contributed by atoms with E-state index < -0.39 is 9.76 Å². The fourth-order valence-electron chi connectivity index (χ4n) is 0.846. The van der Waals surface area contributed by atoms with Gasteiger partial charge < -0.3 is 4.43 Å². The van der Waals surface area contributed by atoms with Crippen LogP contribution in [0.25, 0.3) is 0 Å². The largest absolute Gasteiger partial charge is 0.525 e. The molecule has 3 heteroatoms. The first-order valence-electron chi connectivity index (χ1n) is 4.81. The Kier molecular flexibility index (Phi) is 8.55. The maximum absolute atomic E-state index is 10.9. The Labute approximate surface area is 77.6 Å². The molecule has 0 heterocycles. The summed E-state index contributed by atoms with van der Waals surface area (Å²) in [5.74, 6) is -0.0976. The van der Waals surface area contributed by atoms with E-state index in [1.54, 1.807) is 6.42 Å². The molecular weight excluding hydrogens is 168 g/mol. The third kappa shape index (κ3) is 7.79. The van der Waals surface area contributed by atoms with Crippen molar-refractivity contribution in [1.29, 1.82) is 0 Å². The predicted octanol–water partition coefficient (Wildman–Crippen LogP) is 1.84. The molecule has 71 valence electrons. The topological polar surface area (TPSA) is 26.3 Å². The zero-order valence-electron chi connectivity index (χ0n) is 8.14. The van der Waals surface area contributed by atoms with Crippen LogP contribution in [0.15, 0.2) is 0 Å². The summed E-state index contributed by atoms with van der Waals surface area (Å²) in [6.07, 6.45) is 5.92. The van der Waals surface area contributed by atoms with Gasteiger partial charge >= 0.3 is 0 Å². The van der Waals surface area contributed by atoms with Crippen molar-refractivity contribution in [2.24, 2.45) is 0 Å². The molecule has 0 atom stereocenters. The van der Waals surface area contributed by atoms with E-state index in [9.17, 15) is 4.79 Å². The van der Waals surface area contributed by atoms with Crippen molar-refractivity contribution in [1.82, 2.24) is 0 Å². The van der Waals surface area contributed by atoms with E-state index in [2.05, 4.69) is 13.8 Å². The molecule has 0 saturated heterocycles. The Hall–Kier alpha value is -0.313. The molecular formula is C9H19O2Si. The van der Waals surface area contributed by atoms with E-state index in [-0.39, 0.29) is 5.97 Å². The highest BCUT2D eigenvalue weighted by Gasteiger charge is 2.00. The smallest absolute Gasteiger partial charge is 0.296 e. The maximum atomic E-state index is 10.9. The molecule has 0 rings (SSSR count). The lowest BCUT2D eigenvalue weighted by Gasteiger charge is -2.02. The van der Waals surface area contributed by atoms with Crippen molar-refractivity contribution in [3.8, 4) is 0 Å². The molecule has 0 saturated carbocycles. The van der Waals surface area contributed by atoms with Crippen LogP contribution in [-0.4, -0.2) is 15.7 Å². The molecule has 0 spiro atoms. The molecule has 12 heavy (non-hydrogen) atoms. The number of carbonyl (C=O) groups excluding carboxylic acids is 1. The van der Waals surface area contributed by atoms with Gasteiger partial charge in [-0.3, -0.25) is 4.79 Å². The molecule has 0 aromatic carbocycles. The number of hydrogen-bond donors (Lipinski definition) is 0. The standard InChI is InChI=1S/C9H19O2Si/c1-3-5-7-9(10)11-12-8-6-4-2/h7H,3-6,8,12H2,1-2H3. The van der Waals surface area contributed by atoms with Crippen LogP contribution in [0.2, 0.25) is 6.04 Å². The molecule has 0 aliphatic heterocycles. The van der Waals surface area contributed by atoms with Gasteiger partial charge in [0.2, 0.25) is 9.76 Å². The molecule has 0 fully saturated rings. The quantitative estimate of drug-likeness (QED) is 0.449. The molecule has 0 unspecified atom stereocenters. The summed E-state index contributed by atoms with van der Waals surface area (Å²) in [5.41, 5.74) is 0. The molecule has 2 nitrogen and oxygen atoms in total. The second-order valence-corrected chi connectivity index (χ2v) is 4.27. The van der Waals surface area contributed by atoms with Gasteiger partial charge in [0.25, 0.3) is 5.97 Å². The highest BCUT2D eigenvalue weighted by atomic mass is 28.2. The SMILES string of the molecule is CCC[CH]C(=O)O[SiH2]CCCC. The minimum Gasteiger partial charge on any atom is -0.525 e. The lowest BCUT2D eigenvalue weighted by molar-refractivity contribution is -0.130. The van der Waals surface area contributed by atoms with Gasteiger partial charge in [0.15, 0.2) is 0 Å². The van der Waals surface area contributed by atoms with Crippen molar-refractivity contribution < 1.29 is 9.22 Å². The van der Waals surface area contributed by atoms with Gasteiger partial charge in [0.1, 0.15) is 0 Å². The summed E-state index contributed by atoms with van der Waals surface area (Å²) in [6.45, 7) is 4.21. The maximum Gasteiger partial charge on any atom is 0.296 e. The Morgan fingerprint density at radius 1 is 1.42 bits per heavy atom. The van der Waals surface area contributed by atoms with Crippen LogP contribution in [-0.2, 0) is 9.22 Å². The molecule has 0 aromatic rings. The second-order valence-electron chi connectivity index (χ2n) is 2.87. The lowest BCUT2D eigenvalue weighted by atomic mass is 10.3. The van der Waals surface area contributed by atoms with Crippen molar-refractivity contribution in [2.75, 3.05) is 0 Å². The van der Waals surface area contributed by atoms with E-state index in [0.29, 0.717) is 0 Å². The van der Waals surface area contributed by atoms with Crippen molar-refractivity contribution >= 4 is 15.7 Å². The first-order valence-corrected chi connectivity index (χ1v) is 6.39. The summed E-state index contributed by atoms with van der Waals surface area (Å²) in [5, 5.41) is 0. The van der Waals surface area contributed by atoms with Crippen LogP contribution >= 0.6 is 0 Å². The fourth-order valence-corrected chi connectivity index (χ4v) is 2.01. The third-order valence-corrected chi connectivity index (χ3v) is 2.87. The summed E-state index contributed by atoms with van der Waals surface area (Å²) in [6, 6.07) is 1.13. The van der Waals surface area contributed by atoms with Crippen LogP contribution < -0.4 is 0 Å².